The summed E-state index contributed by atoms with van der Waals surface area (Å²) in [4.78, 5) is 0. The maximum absolute atomic E-state index is 5.89. The topological polar surface area (TPSA) is 9.23 Å². The molecule has 0 aromatic rings. The molecule has 0 fully saturated rings. The first-order valence-electron chi connectivity index (χ1n) is 6.11. The van der Waals surface area contributed by atoms with Gasteiger partial charge in [0, 0.05) is 0 Å². The van der Waals surface area contributed by atoms with Crippen molar-refractivity contribution >= 4 is 0 Å². The Kier molecular flexibility index (Phi) is 3.30. The molecule has 3 atom stereocenters. The first-order chi connectivity index (χ1) is 7.16. The van der Waals surface area contributed by atoms with Crippen molar-refractivity contribution < 1.29 is 4.74 Å². The van der Waals surface area contributed by atoms with Crippen LogP contribution in [0.3, 0.4) is 0 Å². The highest BCUT2D eigenvalue weighted by molar-refractivity contribution is 5.10. The molecule has 0 aromatic carbocycles. The smallest absolute Gasteiger partial charge is 0.0654 e. The second kappa shape index (κ2) is 4.52. The van der Waals surface area contributed by atoms with Gasteiger partial charge in [0.2, 0.25) is 0 Å². The molecule has 2 aliphatic rings. The summed E-state index contributed by atoms with van der Waals surface area (Å²) in [5.41, 5.74) is 3.06. The van der Waals surface area contributed by atoms with Crippen LogP contribution in [0.5, 0.6) is 0 Å². The molecule has 1 nitrogen and oxygen atoms in total. The molecule has 2 rings (SSSR count). The summed E-state index contributed by atoms with van der Waals surface area (Å²) in [6, 6.07) is 0. The highest BCUT2D eigenvalue weighted by atomic mass is 16.5. The molecule has 3 unspecified atom stereocenters. The van der Waals surface area contributed by atoms with E-state index in [1.54, 1.807) is 5.57 Å². The second-order valence-electron chi connectivity index (χ2n) is 5.20. The maximum atomic E-state index is 5.89. The van der Waals surface area contributed by atoms with E-state index in [1.165, 1.54) is 18.4 Å². The Bertz CT molecular complexity index is 288. The molecule has 1 aliphatic carbocycles. The Hall–Kier alpha value is -0.560. The molecule has 15 heavy (non-hydrogen) atoms. The van der Waals surface area contributed by atoms with Gasteiger partial charge in [-0.25, -0.2) is 0 Å². The monoisotopic (exact) mass is 206 g/mol. The van der Waals surface area contributed by atoms with Crippen LogP contribution in [0.15, 0.2) is 23.3 Å². The molecule has 0 amide bonds. The minimum atomic E-state index is 0.467. The van der Waals surface area contributed by atoms with Crippen LogP contribution in [-0.4, -0.2) is 12.7 Å². The van der Waals surface area contributed by atoms with Crippen LogP contribution < -0.4 is 0 Å². The Morgan fingerprint density at radius 2 is 2.07 bits per heavy atom. The number of hydrogen-bond donors (Lipinski definition) is 0. The summed E-state index contributed by atoms with van der Waals surface area (Å²) in [6.07, 6.45) is 8.83. The van der Waals surface area contributed by atoms with E-state index in [9.17, 15) is 0 Å². The predicted molar refractivity (Wildman–Crippen MR) is 63.8 cm³/mol. The van der Waals surface area contributed by atoms with Gasteiger partial charge in [0.25, 0.3) is 0 Å². The second-order valence-corrected chi connectivity index (χ2v) is 5.20. The molecule has 1 heterocycles. The van der Waals surface area contributed by atoms with Crippen molar-refractivity contribution in [1.82, 2.24) is 0 Å². The summed E-state index contributed by atoms with van der Waals surface area (Å²) in [7, 11) is 0. The SMILES string of the molecule is CC1=CC(C)C(C2CC(C)=CCO2)CC1. The van der Waals surface area contributed by atoms with Crippen LogP contribution in [0.4, 0.5) is 0 Å². The van der Waals surface area contributed by atoms with Gasteiger partial charge < -0.3 is 4.74 Å². The normalized spacial score (nSPS) is 37.1. The molecule has 0 saturated heterocycles. The van der Waals surface area contributed by atoms with Gasteiger partial charge in [-0.2, -0.15) is 0 Å². The fourth-order valence-corrected chi connectivity index (χ4v) is 2.89. The number of hydrogen-bond acceptors (Lipinski definition) is 1. The summed E-state index contributed by atoms with van der Waals surface area (Å²) in [5.74, 6) is 1.42. The van der Waals surface area contributed by atoms with Crippen molar-refractivity contribution in [3.8, 4) is 0 Å². The summed E-state index contributed by atoms with van der Waals surface area (Å²) in [6.45, 7) is 7.64. The molecule has 1 aliphatic heterocycles. The van der Waals surface area contributed by atoms with Crippen molar-refractivity contribution in [3.05, 3.63) is 23.3 Å². The Morgan fingerprint density at radius 1 is 1.27 bits per heavy atom. The van der Waals surface area contributed by atoms with Crippen molar-refractivity contribution in [1.29, 1.82) is 0 Å². The molecule has 1 heteroatoms. The highest BCUT2D eigenvalue weighted by Crippen LogP contribution is 2.35. The zero-order valence-electron chi connectivity index (χ0n) is 10.1. The molecule has 0 aromatic heterocycles. The molecule has 0 radical (unpaired) electrons. The molecule has 0 spiro atoms. The van der Waals surface area contributed by atoms with Crippen LogP contribution in [0.1, 0.15) is 40.0 Å². The van der Waals surface area contributed by atoms with Gasteiger partial charge in [0.1, 0.15) is 0 Å². The molecular weight excluding hydrogens is 184 g/mol. The Morgan fingerprint density at radius 3 is 2.73 bits per heavy atom. The summed E-state index contributed by atoms with van der Waals surface area (Å²) < 4.78 is 5.89. The summed E-state index contributed by atoms with van der Waals surface area (Å²) in [5, 5.41) is 0. The summed E-state index contributed by atoms with van der Waals surface area (Å²) >= 11 is 0. The number of rotatable bonds is 1. The first kappa shape index (κ1) is 10.9. The lowest BCUT2D eigenvalue weighted by molar-refractivity contribution is 0.00368. The molecule has 0 N–H and O–H groups in total. The van der Waals surface area contributed by atoms with E-state index in [2.05, 4.69) is 32.9 Å². The van der Waals surface area contributed by atoms with Gasteiger partial charge >= 0.3 is 0 Å². The van der Waals surface area contributed by atoms with Gasteiger partial charge in [-0.3, -0.25) is 0 Å². The van der Waals surface area contributed by atoms with Gasteiger partial charge in [-0.1, -0.05) is 30.2 Å². The van der Waals surface area contributed by atoms with Gasteiger partial charge in [-0.15, -0.1) is 0 Å². The average Bonchev–Trinajstić information content (AvgIpc) is 2.17. The van der Waals surface area contributed by atoms with E-state index >= 15 is 0 Å². The van der Waals surface area contributed by atoms with Crippen molar-refractivity contribution in [2.45, 2.75) is 46.1 Å². The van der Waals surface area contributed by atoms with Crippen LogP contribution >= 0.6 is 0 Å². The third-order valence-electron chi connectivity index (χ3n) is 3.84. The predicted octanol–water partition coefficient (Wildman–Crippen LogP) is 3.71. The van der Waals surface area contributed by atoms with Crippen molar-refractivity contribution in [3.63, 3.8) is 0 Å². The van der Waals surface area contributed by atoms with E-state index in [0.29, 0.717) is 12.0 Å². The highest BCUT2D eigenvalue weighted by Gasteiger charge is 2.29. The fraction of sp³-hybridized carbons (Fsp3) is 0.714. The molecule has 0 bridgehead atoms. The molecular formula is C14H22O. The quantitative estimate of drug-likeness (QED) is 0.594. The third kappa shape index (κ3) is 2.52. The third-order valence-corrected chi connectivity index (χ3v) is 3.84. The van der Waals surface area contributed by atoms with Gasteiger partial charge in [-0.05, 0) is 44.9 Å². The lowest BCUT2D eigenvalue weighted by atomic mass is 9.77. The van der Waals surface area contributed by atoms with Crippen molar-refractivity contribution in [2.75, 3.05) is 6.61 Å². The standard InChI is InChI=1S/C14H22O/c1-10-4-5-13(12(3)8-10)14-9-11(2)6-7-15-14/h6,8,12-14H,4-5,7,9H2,1-3H3. The van der Waals surface area contributed by atoms with Crippen LogP contribution in [0, 0.1) is 11.8 Å². The van der Waals surface area contributed by atoms with Crippen LogP contribution in [0.2, 0.25) is 0 Å². The minimum absolute atomic E-state index is 0.467. The number of allylic oxidation sites excluding steroid dienone is 2. The lowest BCUT2D eigenvalue weighted by Crippen LogP contribution is -2.32. The fourth-order valence-electron chi connectivity index (χ4n) is 2.89. The van der Waals surface area contributed by atoms with Gasteiger partial charge in [0.05, 0.1) is 12.7 Å². The van der Waals surface area contributed by atoms with E-state index in [4.69, 9.17) is 4.74 Å². The zero-order chi connectivity index (χ0) is 10.8. The average molecular weight is 206 g/mol. The molecule has 0 saturated carbocycles. The largest absolute Gasteiger partial charge is 0.374 e. The lowest BCUT2D eigenvalue weighted by Gasteiger charge is -2.35. The molecule has 84 valence electrons. The van der Waals surface area contributed by atoms with Crippen LogP contribution in [-0.2, 0) is 4.74 Å². The maximum Gasteiger partial charge on any atom is 0.0654 e. The van der Waals surface area contributed by atoms with E-state index in [0.717, 1.165) is 18.9 Å². The van der Waals surface area contributed by atoms with E-state index < -0.39 is 0 Å². The Balaban J connectivity index is 2.03. The zero-order valence-corrected chi connectivity index (χ0v) is 10.1. The first-order valence-corrected chi connectivity index (χ1v) is 6.11. The van der Waals surface area contributed by atoms with Crippen LogP contribution in [0.25, 0.3) is 0 Å². The Labute approximate surface area is 93.2 Å². The van der Waals surface area contributed by atoms with Gasteiger partial charge in [0.15, 0.2) is 0 Å². The van der Waals surface area contributed by atoms with E-state index in [-0.39, 0.29) is 0 Å². The van der Waals surface area contributed by atoms with E-state index in [1.807, 2.05) is 0 Å². The number of ether oxygens (including phenoxy) is 1. The van der Waals surface area contributed by atoms with Crippen molar-refractivity contribution in [2.24, 2.45) is 11.8 Å². The minimum Gasteiger partial charge on any atom is -0.374 e.